The first-order valence-electron chi connectivity index (χ1n) is 14.2. The van der Waals surface area contributed by atoms with Crippen LogP contribution in [0.5, 0.6) is 5.75 Å². The van der Waals surface area contributed by atoms with Gasteiger partial charge in [-0.2, -0.15) is 0 Å². The topological polar surface area (TPSA) is 46.6 Å². The highest BCUT2D eigenvalue weighted by Gasteiger charge is 2.34. The van der Waals surface area contributed by atoms with Crippen LogP contribution in [-0.4, -0.2) is 28.0 Å². The number of hydrogen-bond donors (Lipinski definition) is 0. The van der Waals surface area contributed by atoms with Gasteiger partial charge in [-0.25, -0.2) is 17.2 Å². The summed E-state index contributed by atoms with van der Waals surface area (Å²) >= 11 is 0. The van der Waals surface area contributed by atoms with Crippen molar-refractivity contribution in [1.82, 2.24) is 0 Å². The van der Waals surface area contributed by atoms with Crippen molar-refractivity contribution >= 4 is 15.5 Å². The second-order valence-corrected chi connectivity index (χ2v) is 12.7. The SMILES string of the molecule is CC1CCC=C2C1CCN2c1cccc(S(=O)(=O)c2cccc(OCCCCCCCCCC(F)F)c2)c1. The molecule has 0 saturated carbocycles. The number of rotatable bonds is 14. The zero-order chi connectivity index (χ0) is 27.0. The van der Waals surface area contributed by atoms with Crippen LogP contribution in [-0.2, 0) is 9.84 Å². The largest absolute Gasteiger partial charge is 0.494 e. The van der Waals surface area contributed by atoms with E-state index >= 15 is 0 Å². The number of anilines is 1. The number of alkyl halides is 2. The maximum absolute atomic E-state index is 13.5. The van der Waals surface area contributed by atoms with Gasteiger partial charge in [-0.3, -0.25) is 0 Å². The molecule has 0 amide bonds. The molecule has 2 aliphatic rings. The summed E-state index contributed by atoms with van der Waals surface area (Å²) in [5.41, 5.74) is 2.29. The molecule has 0 aromatic heterocycles. The third-order valence-corrected chi connectivity index (χ3v) is 9.66. The van der Waals surface area contributed by atoms with Crippen molar-refractivity contribution < 1.29 is 21.9 Å². The molecule has 2 aromatic rings. The summed E-state index contributed by atoms with van der Waals surface area (Å²) in [4.78, 5) is 2.83. The summed E-state index contributed by atoms with van der Waals surface area (Å²) < 4.78 is 57.2. The Kier molecular flexibility index (Phi) is 10.2. The highest BCUT2D eigenvalue weighted by Crippen LogP contribution is 2.42. The van der Waals surface area contributed by atoms with Gasteiger partial charge in [0.25, 0.3) is 0 Å². The van der Waals surface area contributed by atoms with Gasteiger partial charge in [0, 0.05) is 30.3 Å². The van der Waals surface area contributed by atoms with Crippen LogP contribution in [0.4, 0.5) is 14.5 Å². The maximum Gasteiger partial charge on any atom is 0.238 e. The van der Waals surface area contributed by atoms with E-state index in [4.69, 9.17) is 4.74 Å². The van der Waals surface area contributed by atoms with E-state index < -0.39 is 16.3 Å². The van der Waals surface area contributed by atoms with Gasteiger partial charge in [0.2, 0.25) is 16.3 Å². The Bertz CT molecular complexity index is 1180. The average molecular weight is 546 g/mol. The van der Waals surface area contributed by atoms with E-state index in [0.29, 0.717) is 35.5 Å². The second kappa shape index (κ2) is 13.6. The number of benzene rings is 2. The fourth-order valence-electron chi connectivity index (χ4n) is 5.72. The molecular weight excluding hydrogens is 504 g/mol. The van der Waals surface area contributed by atoms with Crippen LogP contribution in [0, 0.1) is 11.8 Å². The van der Waals surface area contributed by atoms with Crippen LogP contribution in [0.1, 0.15) is 77.6 Å². The lowest BCUT2D eigenvalue weighted by Gasteiger charge is -2.29. The Morgan fingerprint density at radius 3 is 2.37 bits per heavy atom. The molecular formula is C31H41F2NO3S. The maximum atomic E-state index is 13.5. The number of fused-ring (bicyclic) bond motifs is 1. The average Bonchev–Trinajstić information content (AvgIpc) is 3.35. The smallest absolute Gasteiger partial charge is 0.238 e. The summed E-state index contributed by atoms with van der Waals surface area (Å²) in [5, 5.41) is 0. The summed E-state index contributed by atoms with van der Waals surface area (Å²) in [5.74, 6) is 1.79. The van der Waals surface area contributed by atoms with Crippen molar-refractivity contribution in [1.29, 1.82) is 0 Å². The molecule has 0 N–H and O–H groups in total. The van der Waals surface area contributed by atoms with E-state index in [2.05, 4.69) is 17.9 Å². The van der Waals surface area contributed by atoms with Gasteiger partial charge >= 0.3 is 0 Å². The van der Waals surface area contributed by atoms with Crippen molar-refractivity contribution in [2.24, 2.45) is 11.8 Å². The molecule has 2 aromatic carbocycles. The first kappa shape index (κ1) is 28.6. The van der Waals surface area contributed by atoms with Crippen molar-refractivity contribution in [3.63, 3.8) is 0 Å². The van der Waals surface area contributed by atoms with Gasteiger partial charge in [0.1, 0.15) is 5.75 Å². The fraction of sp³-hybridized carbons (Fsp3) is 0.548. The van der Waals surface area contributed by atoms with E-state index in [9.17, 15) is 17.2 Å². The lowest BCUT2D eigenvalue weighted by molar-refractivity contribution is 0.133. The summed E-state index contributed by atoms with van der Waals surface area (Å²) in [6.45, 7) is 3.76. The third kappa shape index (κ3) is 7.37. The van der Waals surface area contributed by atoms with Gasteiger partial charge in [-0.15, -0.1) is 0 Å². The van der Waals surface area contributed by atoms with Crippen molar-refractivity contribution in [2.75, 3.05) is 18.1 Å². The van der Waals surface area contributed by atoms with E-state index in [1.165, 1.54) is 12.1 Å². The first-order chi connectivity index (χ1) is 18.4. The van der Waals surface area contributed by atoms with Crippen LogP contribution in [0.3, 0.4) is 0 Å². The van der Waals surface area contributed by atoms with Crippen molar-refractivity contribution in [3.8, 4) is 5.75 Å². The van der Waals surface area contributed by atoms with E-state index in [1.54, 1.807) is 36.4 Å². The number of unbranched alkanes of at least 4 members (excludes halogenated alkanes) is 6. The predicted molar refractivity (Wildman–Crippen MR) is 149 cm³/mol. The first-order valence-corrected chi connectivity index (χ1v) is 15.7. The van der Waals surface area contributed by atoms with Crippen molar-refractivity contribution in [3.05, 3.63) is 60.3 Å². The number of nitrogens with zero attached hydrogens (tertiary/aromatic N) is 1. The fourth-order valence-corrected chi connectivity index (χ4v) is 7.05. The number of sulfone groups is 1. The van der Waals surface area contributed by atoms with Gasteiger partial charge in [-0.1, -0.05) is 57.2 Å². The molecule has 2 unspecified atom stereocenters. The molecule has 4 rings (SSSR count). The monoisotopic (exact) mass is 545 g/mol. The molecule has 4 nitrogen and oxygen atoms in total. The zero-order valence-electron chi connectivity index (χ0n) is 22.5. The Hall–Kier alpha value is -2.41. The molecule has 0 spiro atoms. The highest BCUT2D eigenvalue weighted by molar-refractivity contribution is 7.91. The highest BCUT2D eigenvalue weighted by atomic mass is 32.2. The van der Waals surface area contributed by atoms with Crippen LogP contribution in [0.15, 0.2) is 70.1 Å². The van der Waals surface area contributed by atoms with E-state index in [0.717, 1.165) is 63.6 Å². The molecule has 1 aliphatic heterocycles. The normalized spacial score (nSPS) is 19.5. The van der Waals surface area contributed by atoms with Gasteiger partial charge in [0.15, 0.2) is 0 Å². The quantitative estimate of drug-likeness (QED) is 0.224. The molecule has 2 atom stereocenters. The van der Waals surface area contributed by atoms with Gasteiger partial charge in [0.05, 0.1) is 16.4 Å². The summed E-state index contributed by atoms with van der Waals surface area (Å²) in [6, 6.07) is 14.1. The van der Waals surface area contributed by atoms with E-state index in [1.807, 2.05) is 12.1 Å². The molecule has 38 heavy (non-hydrogen) atoms. The molecule has 208 valence electrons. The number of ether oxygens (including phenoxy) is 1. The minimum absolute atomic E-state index is 0.00450. The standard InChI is InChI=1S/C31H41F2NO3S/c1-24-12-9-17-30-29(24)19-20-34(30)25-13-10-15-27(22-25)38(35,36)28-16-11-14-26(23-28)37-21-8-6-4-2-3-5-7-18-31(32)33/h10-11,13-17,22-24,29,31H,2-9,12,18-21H2,1H3. The van der Waals surface area contributed by atoms with Gasteiger partial charge in [-0.05, 0) is 74.4 Å². The summed E-state index contributed by atoms with van der Waals surface area (Å²) in [6.07, 6.45) is 10.00. The van der Waals surface area contributed by atoms with Crippen LogP contribution in [0.2, 0.25) is 0 Å². The third-order valence-electron chi connectivity index (χ3n) is 7.91. The Labute approximate surface area is 227 Å². The second-order valence-electron chi connectivity index (χ2n) is 10.7. The van der Waals surface area contributed by atoms with Crippen LogP contribution < -0.4 is 9.64 Å². The van der Waals surface area contributed by atoms with E-state index in [-0.39, 0.29) is 11.3 Å². The van der Waals surface area contributed by atoms with Crippen LogP contribution >= 0.6 is 0 Å². The lowest BCUT2D eigenvalue weighted by Crippen LogP contribution is -2.22. The molecule has 1 fully saturated rings. The van der Waals surface area contributed by atoms with Crippen molar-refractivity contribution in [2.45, 2.75) is 93.8 Å². The molecule has 1 heterocycles. The summed E-state index contributed by atoms with van der Waals surface area (Å²) in [7, 11) is -3.68. The molecule has 7 heteroatoms. The number of halogens is 2. The number of hydrogen-bond acceptors (Lipinski definition) is 4. The Balaban J connectivity index is 1.30. The minimum atomic E-state index is -3.68. The molecule has 0 radical (unpaired) electrons. The zero-order valence-corrected chi connectivity index (χ0v) is 23.3. The molecule has 1 saturated heterocycles. The van der Waals surface area contributed by atoms with Gasteiger partial charge < -0.3 is 9.64 Å². The minimum Gasteiger partial charge on any atom is -0.494 e. The Morgan fingerprint density at radius 2 is 1.61 bits per heavy atom. The van der Waals surface area contributed by atoms with Crippen LogP contribution in [0.25, 0.3) is 0 Å². The molecule has 1 aliphatic carbocycles. The number of allylic oxidation sites excluding steroid dienone is 2. The predicted octanol–water partition coefficient (Wildman–Crippen LogP) is 8.42. The lowest BCUT2D eigenvalue weighted by atomic mass is 9.83. The molecule has 0 bridgehead atoms. The Morgan fingerprint density at radius 1 is 0.921 bits per heavy atom.